The van der Waals surface area contributed by atoms with Crippen molar-refractivity contribution in [3.8, 4) is 17.2 Å². The lowest BCUT2D eigenvalue weighted by molar-refractivity contribution is -0.127. The summed E-state index contributed by atoms with van der Waals surface area (Å²) in [5.74, 6) is 1.87. The maximum absolute atomic E-state index is 9.23. The molecule has 1 spiro atoms. The van der Waals surface area contributed by atoms with Crippen LogP contribution >= 0.6 is 0 Å². The van der Waals surface area contributed by atoms with E-state index in [2.05, 4.69) is 44.3 Å². The Morgan fingerprint density at radius 3 is 2.52 bits per heavy atom. The first-order valence-electron chi connectivity index (χ1n) is 11.3. The van der Waals surface area contributed by atoms with Gasteiger partial charge in [-0.2, -0.15) is 5.26 Å². The highest BCUT2D eigenvalue weighted by Gasteiger charge is 2.49. The van der Waals surface area contributed by atoms with Crippen molar-refractivity contribution in [2.24, 2.45) is 5.41 Å². The quantitative estimate of drug-likeness (QED) is 0.615. The summed E-state index contributed by atoms with van der Waals surface area (Å²) in [7, 11) is 0. The Morgan fingerprint density at radius 2 is 1.82 bits per heavy atom. The number of pyridine rings is 2. The zero-order valence-electron chi connectivity index (χ0n) is 18.9. The smallest absolute Gasteiger partial charge is 0.166 e. The molecule has 0 atom stereocenters. The van der Waals surface area contributed by atoms with E-state index in [1.807, 2.05) is 26.2 Å². The number of rotatable bonds is 3. The molecule has 0 amide bonds. The van der Waals surface area contributed by atoms with E-state index in [0.29, 0.717) is 11.1 Å². The van der Waals surface area contributed by atoms with E-state index in [4.69, 9.17) is 14.7 Å². The highest BCUT2D eigenvalue weighted by atomic mass is 16.5. The fourth-order valence-electron chi connectivity index (χ4n) is 5.01. The van der Waals surface area contributed by atoms with Crippen LogP contribution in [0, 0.1) is 30.6 Å². The highest BCUT2D eigenvalue weighted by Crippen LogP contribution is 2.39. The van der Waals surface area contributed by atoms with Crippen molar-refractivity contribution in [1.82, 2.24) is 20.2 Å². The molecule has 0 bridgehead atoms. The lowest BCUT2D eigenvalue weighted by Gasteiger charge is -2.55. The molecule has 3 aliphatic rings. The normalized spacial score (nSPS) is 18.3. The number of nitriles is 1. The number of hydrogen-bond acceptors (Lipinski definition) is 8. The van der Waals surface area contributed by atoms with Gasteiger partial charge in [0.05, 0.1) is 18.6 Å². The van der Waals surface area contributed by atoms with E-state index in [1.165, 1.54) is 5.56 Å². The number of aromatic nitrogens is 4. The Morgan fingerprint density at radius 1 is 1.00 bits per heavy atom. The van der Waals surface area contributed by atoms with Crippen molar-refractivity contribution in [1.29, 1.82) is 5.26 Å². The molecule has 3 aliphatic heterocycles. The second-order valence-electron chi connectivity index (χ2n) is 9.49. The van der Waals surface area contributed by atoms with Crippen LogP contribution in [0.25, 0.3) is 11.1 Å². The topological polar surface area (TPSA) is 91.1 Å². The zero-order chi connectivity index (χ0) is 22.6. The zero-order valence-corrected chi connectivity index (χ0v) is 18.9. The molecule has 6 heterocycles. The van der Waals surface area contributed by atoms with E-state index in [1.54, 1.807) is 0 Å². The summed E-state index contributed by atoms with van der Waals surface area (Å²) in [6, 6.07) is 8.57. The van der Waals surface area contributed by atoms with Gasteiger partial charge in [0.25, 0.3) is 0 Å². The Labute approximate surface area is 192 Å². The van der Waals surface area contributed by atoms with Gasteiger partial charge < -0.3 is 14.5 Å². The van der Waals surface area contributed by atoms with Gasteiger partial charge in [0, 0.05) is 61.8 Å². The minimum atomic E-state index is 0.380. The van der Waals surface area contributed by atoms with Crippen LogP contribution in [0.15, 0.2) is 30.6 Å². The van der Waals surface area contributed by atoms with E-state index in [9.17, 15) is 5.26 Å². The standard InChI is InChI=1S/C25H25N7O/c1-16-17(2)24(30-29-22(16)8-26)31-6-5-21-20(11-31)7-19(10-27-21)18-3-4-23(28-9-18)32-12-25(13-32)14-33-15-25/h3-4,7,9-10H,5-6,11-15H2,1-2H3. The molecule has 166 valence electrons. The predicted molar refractivity (Wildman–Crippen MR) is 124 cm³/mol. The summed E-state index contributed by atoms with van der Waals surface area (Å²) in [5, 5.41) is 17.7. The summed E-state index contributed by atoms with van der Waals surface area (Å²) in [5.41, 5.74) is 7.14. The molecule has 6 rings (SSSR count). The van der Waals surface area contributed by atoms with Crippen molar-refractivity contribution in [2.75, 3.05) is 42.6 Å². The molecule has 0 unspecified atom stereocenters. The van der Waals surface area contributed by atoms with E-state index in [-0.39, 0.29) is 0 Å². The van der Waals surface area contributed by atoms with Crippen LogP contribution in [0.1, 0.15) is 28.1 Å². The van der Waals surface area contributed by atoms with Crippen molar-refractivity contribution in [3.63, 3.8) is 0 Å². The van der Waals surface area contributed by atoms with Gasteiger partial charge in [0.1, 0.15) is 11.9 Å². The van der Waals surface area contributed by atoms with Crippen LogP contribution in [-0.4, -0.2) is 53.0 Å². The molecule has 3 aromatic rings. The third-order valence-corrected chi connectivity index (χ3v) is 7.22. The molecule has 0 aromatic carbocycles. The lowest BCUT2D eigenvalue weighted by atomic mass is 9.78. The molecule has 0 aliphatic carbocycles. The lowest BCUT2D eigenvalue weighted by Crippen LogP contribution is -2.66. The van der Waals surface area contributed by atoms with Gasteiger partial charge in [-0.3, -0.25) is 4.98 Å². The third kappa shape index (κ3) is 3.31. The van der Waals surface area contributed by atoms with Gasteiger partial charge in [-0.15, -0.1) is 10.2 Å². The molecule has 8 nitrogen and oxygen atoms in total. The first-order chi connectivity index (χ1) is 16.0. The largest absolute Gasteiger partial charge is 0.380 e. The molecule has 0 N–H and O–H groups in total. The average Bonchev–Trinajstić information content (AvgIpc) is 2.79. The summed E-state index contributed by atoms with van der Waals surface area (Å²) in [6.45, 7) is 9.33. The third-order valence-electron chi connectivity index (χ3n) is 7.22. The minimum absolute atomic E-state index is 0.380. The van der Waals surface area contributed by atoms with Crippen molar-refractivity contribution in [2.45, 2.75) is 26.8 Å². The molecule has 0 radical (unpaired) electrons. The Kier molecular flexibility index (Phi) is 4.56. The number of hydrogen-bond donors (Lipinski definition) is 0. The molecule has 2 saturated heterocycles. The second kappa shape index (κ2) is 7.49. The number of nitrogens with zero attached hydrogens (tertiary/aromatic N) is 7. The highest BCUT2D eigenvalue weighted by molar-refractivity contribution is 5.65. The summed E-state index contributed by atoms with van der Waals surface area (Å²) in [4.78, 5) is 14.0. The summed E-state index contributed by atoms with van der Waals surface area (Å²) in [6.07, 6.45) is 4.75. The van der Waals surface area contributed by atoms with Crippen LogP contribution in [-0.2, 0) is 17.7 Å². The predicted octanol–water partition coefficient (Wildman–Crippen LogP) is 2.82. The van der Waals surface area contributed by atoms with Gasteiger partial charge in [-0.1, -0.05) is 0 Å². The monoisotopic (exact) mass is 439 g/mol. The van der Waals surface area contributed by atoms with Crippen LogP contribution in [0.2, 0.25) is 0 Å². The van der Waals surface area contributed by atoms with Gasteiger partial charge in [0.2, 0.25) is 0 Å². The molecule has 2 fully saturated rings. The van der Waals surface area contributed by atoms with Crippen LogP contribution in [0.5, 0.6) is 0 Å². The number of fused-ring (bicyclic) bond motifs is 1. The SMILES string of the molecule is Cc1c(C#N)nnc(N2CCc3ncc(-c4ccc(N5CC6(COC6)C5)nc4)cc3C2)c1C. The van der Waals surface area contributed by atoms with Crippen molar-refractivity contribution in [3.05, 3.63) is 58.7 Å². The molecule has 8 heteroatoms. The summed E-state index contributed by atoms with van der Waals surface area (Å²) >= 11 is 0. The molecule has 0 saturated carbocycles. The van der Waals surface area contributed by atoms with E-state index < -0.39 is 0 Å². The fourth-order valence-corrected chi connectivity index (χ4v) is 5.01. The molecular formula is C25H25N7O. The average molecular weight is 440 g/mol. The van der Waals surface area contributed by atoms with Crippen molar-refractivity contribution < 1.29 is 4.74 Å². The van der Waals surface area contributed by atoms with Gasteiger partial charge in [0.15, 0.2) is 11.5 Å². The molecule has 3 aromatic heterocycles. The first kappa shape index (κ1) is 20.1. The first-order valence-corrected chi connectivity index (χ1v) is 11.3. The maximum atomic E-state index is 9.23. The van der Waals surface area contributed by atoms with Crippen LogP contribution in [0.3, 0.4) is 0 Å². The van der Waals surface area contributed by atoms with Gasteiger partial charge in [-0.25, -0.2) is 4.98 Å². The Hall–Kier alpha value is -3.57. The Balaban J connectivity index is 1.21. The molecular weight excluding hydrogens is 414 g/mol. The summed E-state index contributed by atoms with van der Waals surface area (Å²) < 4.78 is 5.37. The van der Waals surface area contributed by atoms with Crippen LogP contribution < -0.4 is 9.80 Å². The maximum Gasteiger partial charge on any atom is 0.166 e. The minimum Gasteiger partial charge on any atom is -0.380 e. The van der Waals surface area contributed by atoms with Crippen molar-refractivity contribution >= 4 is 11.6 Å². The fraction of sp³-hybridized carbons (Fsp3) is 0.400. The number of ether oxygens (including phenoxy) is 1. The number of anilines is 2. The van der Waals surface area contributed by atoms with Gasteiger partial charge >= 0.3 is 0 Å². The van der Waals surface area contributed by atoms with E-state index >= 15 is 0 Å². The Bertz CT molecular complexity index is 1270. The van der Waals surface area contributed by atoms with Gasteiger partial charge in [-0.05, 0) is 48.7 Å². The van der Waals surface area contributed by atoms with Crippen LogP contribution in [0.4, 0.5) is 11.6 Å². The van der Waals surface area contributed by atoms with E-state index in [0.717, 1.165) is 85.4 Å². The molecule has 33 heavy (non-hydrogen) atoms. The second-order valence-corrected chi connectivity index (χ2v) is 9.49.